The zero-order chi connectivity index (χ0) is 9.42. The van der Waals surface area contributed by atoms with E-state index in [1.165, 1.54) is 6.92 Å². The van der Waals surface area contributed by atoms with Crippen molar-refractivity contribution in [1.82, 2.24) is 15.4 Å². The van der Waals surface area contributed by atoms with Crippen LogP contribution in [0.3, 0.4) is 0 Å². The van der Waals surface area contributed by atoms with Crippen LogP contribution >= 0.6 is 11.6 Å². The van der Waals surface area contributed by atoms with Gasteiger partial charge in [0.15, 0.2) is 5.78 Å². The molecule has 0 fully saturated rings. The minimum absolute atomic E-state index is 0.0742. The van der Waals surface area contributed by atoms with Gasteiger partial charge in [0.25, 0.3) is 0 Å². The second kappa shape index (κ2) is 2.81. The average Bonchev–Trinajstić information content (AvgIpc) is 2.48. The number of nitrogens with zero attached hydrogens (tertiary/aromatic N) is 2. The molecule has 1 heterocycles. The van der Waals surface area contributed by atoms with Crippen molar-refractivity contribution in [3.8, 4) is 0 Å². The van der Waals surface area contributed by atoms with Gasteiger partial charge in [-0.05, 0) is 19.1 Å². The Balaban J connectivity index is 2.76. The maximum atomic E-state index is 11.1. The van der Waals surface area contributed by atoms with Crippen LogP contribution in [0.2, 0.25) is 5.02 Å². The van der Waals surface area contributed by atoms with Gasteiger partial charge in [-0.25, -0.2) is 0 Å². The van der Waals surface area contributed by atoms with Crippen molar-refractivity contribution < 1.29 is 4.79 Å². The van der Waals surface area contributed by atoms with Crippen molar-refractivity contribution in [2.45, 2.75) is 6.92 Å². The minimum Gasteiger partial charge on any atom is -0.294 e. The number of rotatable bonds is 1. The van der Waals surface area contributed by atoms with Crippen LogP contribution in [0.15, 0.2) is 12.1 Å². The van der Waals surface area contributed by atoms with Gasteiger partial charge in [-0.3, -0.25) is 4.79 Å². The molecule has 2 aromatic rings. The molecule has 0 aliphatic rings. The molecule has 1 N–H and O–H groups in total. The number of carbonyl (C=O) groups is 1. The third kappa shape index (κ3) is 1.29. The Hall–Kier alpha value is -1.42. The number of aromatic nitrogens is 3. The number of benzene rings is 1. The maximum Gasteiger partial charge on any atom is 0.161 e. The molecule has 0 unspecified atom stereocenters. The summed E-state index contributed by atoms with van der Waals surface area (Å²) in [5.41, 5.74) is 1.78. The van der Waals surface area contributed by atoms with Crippen LogP contribution in [0, 0.1) is 0 Å². The summed E-state index contributed by atoms with van der Waals surface area (Å²) in [6, 6.07) is 3.25. The molecule has 0 bridgehead atoms. The summed E-state index contributed by atoms with van der Waals surface area (Å²) in [7, 11) is 0. The highest BCUT2D eigenvalue weighted by atomic mass is 35.5. The minimum atomic E-state index is -0.0742. The second-order valence-corrected chi connectivity index (χ2v) is 3.11. The number of Topliss-reactive ketones (excluding diaryl/α,β-unsaturated/α-hetero) is 1. The molecule has 13 heavy (non-hydrogen) atoms. The lowest BCUT2D eigenvalue weighted by Crippen LogP contribution is -1.92. The van der Waals surface area contributed by atoms with Crippen LogP contribution in [0.4, 0.5) is 0 Å². The molecular formula is C8H6ClN3O. The van der Waals surface area contributed by atoms with E-state index in [0.717, 1.165) is 0 Å². The Bertz CT molecular complexity index is 477. The number of aromatic amines is 1. The molecule has 0 aliphatic carbocycles. The summed E-state index contributed by atoms with van der Waals surface area (Å²) in [6.45, 7) is 1.47. The molecule has 0 amide bonds. The standard InChI is InChI=1S/C8H6ClN3O/c1-4(13)5-2-7-8(3-6(5)9)11-12-10-7/h2-3H,1H3,(H,10,11,12). The number of fused-ring (bicyclic) bond motifs is 1. The maximum absolute atomic E-state index is 11.1. The highest BCUT2D eigenvalue weighted by molar-refractivity contribution is 6.34. The Morgan fingerprint density at radius 2 is 2.00 bits per heavy atom. The van der Waals surface area contributed by atoms with Crippen molar-refractivity contribution in [2.75, 3.05) is 0 Å². The quantitative estimate of drug-likeness (QED) is 0.706. The molecule has 0 spiro atoms. The topological polar surface area (TPSA) is 58.6 Å². The molecule has 0 atom stereocenters. The summed E-state index contributed by atoms with van der Waals surface area (Å²) in [5.74, 6) is -0.0742. The van der Waals surface area contributed by atoms with Crippen molar-refractivity contribution in [3.05, 3.63) is 22.7 Å². The number of ketones is 1. The predicted molar refractivity (Wildman–Crippen MR) is 48.9 cm³/mol. The highest BCUT2D eigenvalue weighted by Crippen LogP contribution is 2.21. The van der Waals surface area contributed by atoms with E-state index in [1.54, 1.807) is 12.1 Å². The first-order valence-electron chi connectivity index (χ1n) is 3.69. The van der Waals surface area contributed by atoms with Gasteiger partial charge >= 0.3 is 0 Å². The summed E-state index contributed by atoms with van der Waals surface area (Å²) >= 11 is 5.85. The first-order valence-corrected chi connectivity index (χ1v) is 4.07. The highest BCUT2D eigenvalue weighted by Gasteiger charge is 2.08. The molecule has 5 heteroatoms. The summed E-state index contributed by atoms with van der Waals surface area (Å²) in [4.78, 5) is 11.1. The molecule has 0 saturated heterocycles. The van der Waals surface area contributed by atoms with Crippen LogP contribution in [-0.4, -0.2) is 21.2 Å². The van der Waals surface area contributed by atoms with Gasteiger partial charge in [0, 0.05) is 5.56 Å². The Kier molecular flexibility index (Phi) is 1.77. The van der Waals surface area contributed by atoms with Gasteiger partial charge in [0.2, 0.25) is 0 Å². The fourth-order valence-electron chi connectivity index (χ4n) is 1.13. The predicted octanol–water partition coefficient (Wildman–Crippen LogP) is 1.81. The lowest BCUT2D eigenvalue weighted by atomic mass is 10.1. The van der Waals surface area contributed by atoms with E-state index in [4.69, 9.17) is 11.6 Å². The first kappa shape index (κ1) is 8.19. The molecular weight excluding hydrogens is 190 g/mol. The lowest BCUT2D eigenvalue weighted by molar-refractivity contribution is 0.101. The molecule has 0 aliphatic heterocycles. The number of nitrogens with one attached hydrogen (secondary N) is 1. The van der Waals surface area contributed by atoms with Crippen LogP contribution in [0.1, 0.15) is 17.3 Å². The summed E-state index contributed by atoms with van der Waals surface area (Å²) < 4.78 is 0. The van der Waals surface area contributed by atoms with Crippen LogP contribution < -0.4 is 0 Å². The van der Waals surface area contributed by atoms with Gasteiger partial charge in [-0.15, -0.1) is 0 Å². The van der Waals surface area contributed by atoms with E-state index < -0.39 is 0 Å². The Morgan fingerprint density at radius 1 is 1.38 bits per heavy atom. The van der Waals surface area contributed by atoms with Crippen LogP contribution in [-0.2, 0) is 0 Å². The Labute approximate surface area is 78.9 Å². The van der Waals surface area contributed by atoms with Gasteiger partial charge in [-0.2, -0.15) is 15.4 Å². The van der Waals surface area contributed by atoms with E-state index in [9.17, 15) is 4.79 Å². The molecule has 1 aromatic carbocycles. The smallest absolute Gasteiger partial charge is 0.161 e. The first-order chi connectivity index (χ1) is 6.18. The number of carbonyl (C=O) groups excluding carboxylic acids is 1. The average molecular weight is 196 g/mol. The normalized spacial score (nSPS) is 10.6. The molecule has 4 nitrogen and oxygen atoms in total. The zero-order valence-electron chi connectivity index (χ0n) is 6.84. The van der Waals surface area contributed by atoms with Gasteiger partial charge in [0.05, 0.1) is 5.02 Å². The third-order valence-electron chi connectivity index (χ3n) is 1.78. The lowest BCUT2D eigenvalue weighted by Gasteiger charge is -1.97. The fourth-order valence-corrected chi connectivity index (χ4v) is 1.42. The van der Waals surface area contributed by atoms with E-state index >= 15 is 0 Å². The van der Waals surface area contributed by atoms with Crippen molar-refractivity contribution in [3.63, 3.8) is 0 Å². The van der Waals surface area contributed by atoms with E-state index in [2.05, 4.69) is 15.4 Å². The summed E-state index contributed by atoms with van der Waals surface area (Å²) in [5, 5.41) is 10.6. The number of hydrogen-bond donors (Lipinski definition) is 1. The van der Waals surface area contributed by atoms with Crippen LogP contribution in [0.5, 0.6) is 0 Å². The van der Waals surface area contributed by atoms with E-state index in [0.29, 0.717) is 21.6 Å². The molecule has 1 aromatic heterocycles. The monoisotopic (exact) mass is 195 g/mol. The van der Waals surface area contributed by atoms with E-state index in [1.807, 2.05) is 0 Å². The zero-order valence-corrected chi connectivity index (χ0v) is 7.59. The van der Waals surface area contributed by atoms with Gasteiger partial charge < -0.3 is 0 Å². The van der Waals surface area contributed by atoms with Crippen molar-refractivity contribution >= 4 is 28.4 Å². The van der Waals surface area contributed by atoms with Crippen molar-refractivity contribution in [1.29, 1.82) is 0 Å². The van der Waals surface area contributed by atoms with Gasteiger partial charge in [-0.1, -0.05) is 11.6 Å². The molecule has 2 rings (SSSR count). The molecule has 0 saturated carbocycles. The Morgan fingerprint density at radius 3 is 2.62 bits per heavy atom. The molecule has 0 radical (unpaired) electrons. The molecule has 66 valence electrons. The van der Waals surface area contributed by atoms with Gasteiger partial charge in [0.1, 0.15) is 11.0 Å². The number of hydrogen-bond acceptors (Lipinski definition) is 3. The summed E-state index contributed by atoms with van der Waals surface area (Å²) in [6.07, 6.45) is 0. The van der Waals surface area contributed by atoms with Crippen LogP contribution in [0.25, 0.3) is 11.0 Å². The largest absolute Gasteiger partial charge is 0.294 e. The van der Waals surface area contributed by atoms with Crippen molar-refractivity contribution in [2.24, 2.45) is 0 Å². The fraction of sp³-hybridized carbons (Fsp3) is 0.125. The SMILES string of the molecule is CC(=O)c1cc2n[nH]nc2cc1Cl. The second-order valence-electron chi connectivity index (χ2n) is 2.70. The number of H-pyrrole nitrogens is 1. The van der Waals surface area contributed by atoms with E-state index in [-0.39, 0.29) is 5.78 Å². The third-order valence-corrected chi connectivity index (χ3v) is 2.10. The number of halogens is 1.